The summed E-state index contributed by atoms with van der Waals surface area (Å²) in [5.74, 6) is 0.228. The Bertz CT molecular complexity index is 634. The Morgan fingerprint density at radius 2 is 1.95 bits per heavy atom. The predicted octanol–water partition coefficient (Wildman–Crippen LogP) is 2.64. The van der Waals surface area contributed by atoms with E-state index in [4.69, 9.17) is 5.73 Å². The van der Waals surface area contributed by atoms with E-state index < -0.39 is 0 Å². The Hall–Kier alpha value is -1.31. The van der Waals surface area contributed by atoms with Crippen LogP contribution in [0.1, 0.15) is 11.1 Å². The molecule has 104 valence electrons. The van der Waals surface area contributed by atoms with Gasteiger partial charge in [0.25, 0.3) is 0 Å². The van der Waals surface area contributed by atoms with Gasteiger partial charge in [-0.25, -0.2) is 9.97 Å². The molecule has 0 saturated heterocycles. The number of anilines is 1. The molecule has 0 aliphatic carbocycles. The van der Waals surface area contributed by atoms with E-state index in [1.54, 1.807) is 0 Å². The topological polar surface area (TPSA) is 80.9 Å². The Morgan fingerprint density at radius 3 is 2.60 bits per heavy atom. The van der Waals surface area contributed by atoms with Crippen LogP contribution in [0.2, 0.25) is 0 Å². The van der Waals surface area contributed by atoms with Crippen molar-refractivity contribution >= 4 is 43.6 Å². The summed E-state index contributed by atoms with van der Waals surface area (Å²) in [6, 6.07) is 7.60. The lowest BCUT2D eigenvalue weighted by molar-refractivity contribution is -0.115. The lowest BCUT2D eigenvalue weighted by Gasteiger charge is -2.09. The molecule has 3 N–H and O–H groups in total. The molecule has 1 aromatic heterocycles. The van der Waals surface area contributed by atoms with E-state index in [0.29, 0.717) is 21.6 Å². The second-order valence-corrected chi connectivity index (χ2v) is 5.59. The van der Waals surface area contributed by atoms with Crippen LogP contribution in [0.15, 0.2) is 39.7 Å². The highest BCUT2D eigenvalue weighted by Crippen LogP contribution is 2.19. The van der Waals surface area contributed by atoms with Crippen molar-refractivity contribution in [2.45, 2.75) is 13.0 Å². The lowest BCUT2D eigenvalue weighted by Crippen LogP contribution is -2.17. The molecular weight excluding hydrogens is 388 g/mol. The average Bonchev–Trinajstić information content (AvgIpc) is 2.42. The van der Waals surface area contributed by atoms with Gasteiger partial charge in [-0.15, -0.1) is 0 Å². The number of amides is 1. The molecule has 1 amide bonds. The molecule has 7 heteroatoms. The molecule has 0 unspecified atom stereocenters. The maximum atomic E-state index is 12.0. The van der Waals surface area contributed by atoms with Gasteiger partial charge in [0.2, 0.25) is 5.91 Å². The van der Waals surface area contributed by atoms with Crippen molar-refractivity contribution in [2.24, 2.45) is 5.73 Å². The normalized spacial score (nSPS) is 10.3. The van der Waals surface area contributed by atoms with Crippen LogP contribution in [-0.2, 0) is 17.8 Å². The summed E-state index contributed by atoms with van der Waals surface area (Å²) in [7, 11) is 0. The van der Waals surface area contributed by atoms with Crippen LogP contribution in [0.5, 0.6) is 0 Å². The van der Waals surface area contributed by atoms with E-state index in [1.807, 2.05) is 24.3 Å². The van der Waals surface area contributed by atoms with Crippen molar-refractivity contribution in [3.05, 3.63) is 50.8 Å². The zero-order chi connectivity index (χ0) is 14.5. The van der Waals surface area contributed by atoms with Gasteiger partial charge in [-0.1, -0.05) is 24.3 Å². The second-order valence-electron chi connectivity index (χ2n) is 4.03. The third-order valence-electron chi connectivity index (χ3n) is 2.65. The molecule has 20 heavy (non-hydrogen) atoms. The number of aromatic nitrogens is 2. The maximum Gasteiger partial charge on any atom is 0.230 e. The minimum Gasteiger partial charge on any atom is -0.326 e. The molecule has 0 aliphatic rings. The summed E-state index contributed by atoms with van der Waals surface area (Å²) in [5, 5.41) is 2.72. The van der Waals surface area contributed by atoms with Crippen molar-refractivity contribution in [3.63, 3.8) is 0 Å². The van der Waals surface area contributed by atoms with E-state index in [9.17, 15) is 4.79 Å². The molecule has 0 spiro atoms. The summed E-state index contributed by atoms with van der Waals surface area (Å²) >= 11 is 6.46. The first-order valence-corrected chi connectivity index (χ1v) is 7.43. The first-order valence-electron chi connectivity index (χ1n) is 5.85. The molecule has 5 nitrogen and oxygen atoms in total. The monoisotopic (exact) mass is 398 g/mol. The highest BCUT2D eigenvalue weighted by Gasteiger charge is 2.11. The van der Waals surface area contributed by atoms with Gasteiger partial charge in [0.15, 0.2) is 5.82 Å². The fourth-order valence-corrected chi connectivity index (χ4v) is 2.62. The molecular formula is C13H12Br2N4O. The van der Waals surface area contributed by atoms with Crippen LogP contribution in [0.3, 0.4) is 0 Å². The van der Waals surface area contributed by atoms with Gasteiger partial charge in [-0.05, 0) is 43.0 Å². The molecule has 0 atom stereocenters. The van der Waals surface area contributed by atoms with E-state index in [2.05, 4.69) is 47.1 Å². The van der Waals surface area contributed by atoms with Gasteiger partial charge in [0.1, 0.15) is 9.21 Å². The highest BCUT2D eigenvalue weighted by molar-refractivity contribution is 9.11. The predicted molar refractivity (Wildman–Crippen MR) is 84.1 cm³/mol. The molecule has 0 aliphatic heterocycles. The van der Waals surface area contributed by atoms with Crippen molar-refractivity contribution in [2.75, 3.05) is 5.32 Å². The number of carbonyl (C=O) groups is 1. The minimum absolute atomic E-state index is 0.164. The minimum atomic E-state index is -0.164. The van der Waals surface area contributed by atoms with Crippen LogP contribution in [0.25, 0.3) is 0 Å². The van der Waals surface area contributed by atoms with Crippen LogP contribution < -0.4 is 11.1 Å². The Balaban J connectivity index is 2.09. The van der Waals surface area contributed by atoms with Crippen LogP contribution in [0, 0.1) is 0 Å². The number of halogens is 2. The van der Waals surface area contributed by atoms with Gasteiger partial charge in [-0.2, -0.15) is 0 Å². The van der Waals surface area contributed by atoms with E-state index in [0.717, 1.165) is 11.1 Å². The summed E-state index contributed by atoms with van der Waals surface area (Å²) in [6.07, 6.45) is 1.77. The van der Waals surface area contributed by atoms with E-state index >= 15 is 0 Å². The van der Waals surface area contributed by atoms with Crippen molar-refractivity contribution in [3.8, 4) is 0 Å². The summed E-state index contributed by atoms with van der Waals surface area (Å²) < 4.78 is 1.07. The van der Waals surface area contributed by atoms with Gasteiger partial charge >= 0.3 is 0 Å². The number of carbonyl (C=O) groups excluding carboxylic acids is 1. The van der Waals surface area contributed by atoms with E-state index in [1.165, 1.54) is 6.20 Å². The van der Waals surface area contributed by atoms with Gasteiger partial charge in [-0.3, -0.25) is 4.79 Å². The van der Waals surface area contributed by atoms with E-state index in [-0.39, 0.29) is 12.3 Å². The van der Waals surface area contributed by atoms with Crippen molar-refractivity contribution in [1.29, 1.82) is 0 Å². The van der Waals surface area contributed by atoms with Crippen molar-refractivity contribution < 1.29 is 4.79 Å². The molecule has 0 fully saturated rings. The van der Waals surface area contributed by atoms with Crippen molar-refractivity contribution in [1.82, 2.24) is 9.97 Å². The zero-order valence-corrected chi connectivity index (χ0v) is 13.6. The summed E-state index contributed by atoms with van der Waals surface area (Å²) in [6.45, 7) is 0.408. The number of nitrogens with one attached hydrogen (secondary N) is 1. The molecule has 1 aromatic carbocycles. The fraction of sp³-hybridized carbons (Fsp3) is 0.154. The fourth-order valence-electron chi connectivity index (χ4n) is 1.71. The Morgan fingerprint density at radius 1 is 1.25 bits per heavy atom. The van der Waals surface area contributed by atoms with Gasteiger partial charge < -0.3 is 11.1 Å². The molecule has 0 saturated carbocycles. The highest BCUT2D eigenvalue weighted by atomic mass is 79.9. The quantitative estimate of drug-likeness (QED) is 0.827. The van der Waals surface area contributed by atoms with Crippen LogP contribution >= 0.6 is 31.9 Å². The maximum absolute atomic E-state index is 12.0. The third kappa shape index (κ3) is 3.84. The van der Waals surface area contributed by atoms with Crippen LogP contribution in [0.4, 0.5) is 5.82 Å². The first-order chi connectivity index (χ1) is 9.60. The smallest absolute Gasteiger partial charge is 0.230 e. The summed E-state index contributed by atoms with van der Waals surface area (Å²) in [5.41, 5.74) is 7.53. The SMILES string of the molecule is NCc1ccccc1CC(=O)Nc1ncc(Br)nc1Br. The largest absolute Gasteiger partial charge is 0.326 e. The van der Waals surface area contributed by atoms with Crippen LogP contribution in [-0.4, -0.2) is 15.9 Å². The number of nitrogens with zero attached hydrogens (tertiary/aromatic N) is 2. The van der Waals surface area contributed by atoms with Gasteiger partial charge in [0, 0.05) is 6.54 Å². The number of nitrogens with two attached hydrogens (primary N) is 1. The summed E-state index contributed by atoms with van der Waals surface area (Å²) in [4.78, 5) is 20.2. The molecule has 0 bridgehead atoms. The third-order valence-corrected chi connectivity index (χ3v) is 3.58. The second kappa shape index (κ2) is 6.92. The average molecular weight is 400 g/mol. The van der Waals surface area contributed by atoms with Gasteiger partial charge in [0.05, 0.1) is 12.6 Å². The first kappa shape index (κ1) is 15.1. The molecule has 0 radical (unpaired) electrons. The molecule has 2 aromatic rings. The zero-order valence-electron chi connectivity index (χ0n) is 10.4. The Kier molecular flexibility index (Phi) is 5.22. The number of benzene rings is 1. The number of rotatable bonds is 4. The standard InChI is InChI=1S/C13H12Br2N4O/c14-10-7-17-13(12(15)18-10)19-11(20)5-8-3-1-2-4-9(8)6-16/h1-4,7H,5-6,16H2,(H,17,19,20). The molecule has 2 rings (SSSR count). The molecule has 1 heterocycles. The number of hydrogen-bond acceptors (Lipinski definition) is 4. The Labute approximate surface area is 133 Å². The lowest BCUT2D eigenvalue weighted by atomic mass is 10.0. The number of hydrogen-bond donors (Lipinski definition) is 2.